The number of hydrogen-bond donors (Lipinski definition) is 1. The third-order valence-corrected chi connectivity index (χ3v) is 5.64. The molecule has 0 saturated heterocycles. The molecular weight excluding hydrogens is 344 g/mol. The van der Waals surface area contributed by atoms with Gasteiger partial charge in [0.05, 0.1) is 11.3 Å². The first-order valence-corrected chi connectivity index (χ1v) is 10.4. The van der Waals surface area contributed by atoms with E-state index in [1.807, 2.05) is 36.1 Å². The SMILES string of the molecule is CCN(C(=O)CSc1nc(NC2CC2)c2ccccc2n1)C1=CCCC1. The van der Waals surface area contributed by atoms with E-state index < -0.39 is 0 Å². The lowest BCUT2D eigenvalue weighted by molar-refractivity contribution is -0.126. The lowest BCUT2D eigenvalue weighted by Crippen LogP contribution is -2.31. The summed E-state index contributed by atoms with van der Waals surface area (Å²) in [6, 6.07) is 8.57. The molecule has 1 aromatic carbocycles. The van der Waals surface area contributed by atoms with Gasteiger partial charge in [-0.2, -0.15) is 0 Å². The van der Waals surface area contributed by atoms with Crippen LogP contribution in [0.1, 0.15) is 39.0 Å². The normalized spacial score (nSPS) is 16.6. The van der Waals surface area contributed by atoms with Crippen LogP contribution >= 0.6 is 11.8 Å². The van der Waals surface area contributed by atoms with Crippen LogP contribution in [0.5, 0.6) is 0 Å². The van der Waals surface area contributed by atoms with Crippen LogP contribution < -0.4 is 5.32 Å². The van der Waals surface area contributed by atoms with Crippen molar-refractivity contribution in [1.29, 1.82) is 0 Å². The van der Waals surface area contributed by atoms with Crippen molar-refractivity contribution in [1.82, 2.24) is 14.9 Å². The zero-order chi connectivity index (χ0) is 17.9. The van der Waals surface area contributed by atoms with E-state index >= 15 is 0 Å². The third-order valence-electron chi connectivity index (χ3n) is 4.81. The van der Waals surface area contributed by atoms with Gasteiger partial charge in [-0.3, -0.25) is 4.79 Å². The number of aromatic nitrogens is 2. The van der Waals surface area contributed by atoms with Crippen LogP contribution in [0.15, 0.2) is 41.2 Å². The molecule has 5 nitrogen and oxygen atoms in total. The molecule has 0 unspecified atom stereocenters. The molecule has 0 spiro atoms. The lowest BCUT2D eigenvalue weighted by Gasteiger charge is -2.22. The minimum Gasteiger partial charge on any atom is -0.367 e. The smallest absolute Gasteiger partial charge is 0.237 e. The summed E-state index contributed by atoms with van der Waals surface area (Å²) in [7, 11) is 0. The van der Waals surface area contributed by atoms with E-state index in [9.17, 15) is 4.79 Å². The van der Waals surface area contributed by atoms with Crippen LogP contribution in [-0.4, -0.2) is 39.1 Å². The Balaban J connectivity index is 1.50. The monoisotopic (exact) mass is 368 g/mol. The first-order valence-electron chi connectivity index (χ1n) is 9.40. The maximum atomic E-state index is 12.7. The quantitative estimate of drug-likeness (QED) is 0.586. The van der Waals surface area contributed by atoms with Crippen molar-refractivity contribution in [2.45, 2.75) is 50.2 Å². The number of fused-ring (bicyclic) bond motifs is 1. The van der Waals surface area contributed by atoms with E-state index in [0.29, 0.717) is 17.0 Å². The Morgan fingerprint density at radius 1 is 1.31 bits per heavy atom. The van der Waals surface area contributed by atoms with Crippen LogP contribution in [0.25, 0.3) is 10.9 Å². The maximum Gasteiger partial charge on any atom is 0.237 e. The zero-order valence-corrected chi connectivity index (χ0v) is 15.9. The Bertz CT molecular complexity index is 847. The van der Waals surface area contributed by atoms with E-state index in [2.05, 4.69) is 16.4 Å². The van der Waals surface area contributed by atoms with Gasteiger partial charge in [-0.05, 0) is 51.2 Å². The Kier molecular flexibility index (Phi) is 5.11. The molecule has 4 rings (SSSR count). The van der Waals surface area contributed by atoms with Crippen LogP contribution in [0.3, 0.4) is 0 Å². The van der Waals surface area contributed by atoms with Crippen LogP contribution in [0.4, 0.5) is 5.82 Å². The predicted octanol–water partition coefficient (Wildman–Crippen LogP) is 4.21. The van der Waals surface area contributed by atoms with E-state index in [-0.39, 0.29) is 5.91 Å². The summed E-state index contributed by atoms with van der Waals surface area (Å²) in [6.45, 7) is 2.75. The number of carbonyl (C=O) groups is 1. The van der Waals surface area contributed by atoms with Crippen molar-refractivity contribution in [3.63, 3.8) is 0 Å². The second kappa shape index (κ2) is 7.66. The third kappa shape index (κ3) is 3.85. The molecule has 1 saturated carbocycles. The van der Waals surface area contributed by atoms with Gasteiger partial charge in [0.15, 0.2) is 5.16 Å². The highest BCUT2D eigenvalue weighted by Gasteiger charge is 2.23. The molecule has 136 valence electrons. The number of carbonyl (C=O) groups excluding carboxylic acids is 1. The minimum atomic E-state index is 0.138. The molecule has 1 fully saturated rings. The summed E-state index contributed by atoms with van der Waals surface area (Å²) in [5.74, 6) is 1.39. The van der Waals surface area contributed by atoms with Gasteiger partial charge < -0.3 is 10.2 Å². The van der Waals surface area contributed by atoms with Crippen molar-refractivity contribution in [3.05, 3.63) is 36.0 Å². The number of hydrogen-bond acceptors (Lipinski definition) is 5. The number of nitrogens with zero attached hydrogens (tertiary/aromatic N) is 3. The molecule has 0 radical (unpaired) electrons. The molecule has 6 heteroatoms. The molecule has 2 aliphatic carbocycles. The highest BCUT2D eigenvalue weighted by atomic mass is 32.2. The van der Waals surface area contributed by atoms with Crippen molar-refractivity contribution < 1.29 is 4.79 Å². The molecule has 26 heavy (non-hydrogen) atoms. The average molecular weight is 369 g/mol. The van der Waals surface area contributed by atoms with Crippen molar-refractivity contribution in [3.8, 4) is 0 Å². The molecule has 0 atom stereocenters. The minimum absolute atomic E-state index is 0.138. The average Bonchev–Trinajstić information content (AvgIpc) is 3.31. The van der Waals surface area contributed by atoms with E-state index in [4.69, 9.17) is 4.98 Å². The number of allylic oxidation sites excluding steroid dienone is 2. The number of amides is 1. The molecule has 2 aromatic rings. The molecule has 1 heterocycles. The summed E-state index contributed by atoms with van der Waals surface area (Å²) in [5.41, 5.74) is 2.10. The molecule has 0 aliphatic heterocycles. The van der Waals surface area contributed by atoms with Gasteiger partial charge >= 0.3 is 0 Å². The summed E-state index contributed by atoms with van der Waals surface area (Å²) < 4.78 is 0. The van der Waals surface area contributed by atoms with Crippen LogP contribution in [0.2, 0.25) is 0 Å². The topological polar surface area (TPSA) is 58.1 Å². The molecular formula is C20H24N4OS. The van der Waals surface area contributed by atoms with Crippen molar-refractivity contribution in [2.24, 2.45) is 0 Å². The first-order chi connectivity index (χ1) is 12.7. The predicted molar refractivity (Wildman–Crippen MR) is 106 cm³/mol. The summed E-state index contributed by atoms with van der Waals surface area (Å²) in [5, 5.41) is 5.20. The number of para-hydroxylation sites is 1. The van der Waals surface area contributed by atoms with Crippen LogP contribution in [-0.2, 0) is 4.79 Å². The molecule has 1 N–H and O–H groups in total. The Labute approximate surface area is 158 Å². The summed E-state index contributed by atoms with van der Waals surface area (Å²) in [6.07, 6.45) is 7.81. The largest absolute Gasteiger partial charge is 0.367 e. The van der Waals surface area contributed by atoms with Crippen molar-refractivity contribution >= 4 is 34.4 Å². The molecule has 1 amide bonds. The Morgan fingerprint density at radius 2 is 2.15 bits per heavy atom. The van der Waals surface area contributed by atoms with Gasteiger partial charge in [0.1, 0.15) is 5.82 Å². The van der Waals surface area contributed by atoms with Gasteiger partial charge in [-0.1, -0.05) is 30.0 Å². The standard InChI is InChI=1S/C20H24N4OS/c1-2-24(15-7-3-4-8-15)18(25)13-26-20-22-17-10-6-5-9-16(17)19(23-20)21-14-11-12-14/h5-7,9-10,14H,2-4,8,11-13H2,1H3,(H,21,22,23). The number of rotatable bonds is 7. The zero-order valence-electron chi connectivity index (χ0n) is 15.1. The Morgan fingerprint density at radius 3 is 2.88 bits per heavy atom. The number of nitrogens with one attached hydrogen (secondary N) is 1. The van der Waals surface area contributed by atoms with E-state index in [0.717, 1.165) is 42.5 Å². The summed E-state index contributed by atoms with van der Waals surface area (Å²) >= 11 is 1.43. The van der Waals surface area contributed by atoms with Gasteiger partial charge in [-0.15, -0.1) is 0 Å². The first kappa shape index (κ1) is 17.3. The van der Waals surface area contributed by atoms with Gasteiger partial charge in [0, 0.05) is 23.7 Å². The second-order valence-corrected chi connectivity index (χ2v) is 7.75. The van der Waals surface area contributed by atoms with Gasteiger partial charge in [0.2, 0.25) is 5.91 Å². The summed E-state index contributed by atoms with van der Waals surface area (Å²) in [4.78, 5) is 23.9. The lowest BCUT2D eigenvalue weighted by atomic mass is 10.2. The molecule has 0 bridgehead atoms. The number of anilines is 1. The maximum absolute atomic E-state index is 12.7. The fourth-order valence-corrected chi connectivity index (χ4v) is 4.02. The molecule has 1 aromatic heterocycles. The Hall–Kier alpha value is -2.08. The van der Waals surface area contributed by atoms with Gasteiger partial charge in [0.25, 0.3) is 0 Å². The highest BCUT2D eigenvalue weighted by Crippen LogP contribution is 2.30. The van der Waals surface area contributed by atoms with E-state index in [1.165, 1.54) is 30.3 Å². The number of thioether (sulfide) groups is 1. The van der Waals surface area contributed by atoms with Crippen LogP contribution in [0, 0.1) is 0 Å². The molecule has 2 aliphatic rings. The highest BCUT2D eigenvalue weighted by molar-refractivity contribution is 7.99. The number of benzene rings is 1. The van der Waals surface area contributed by atoms with Crippen molar-refractivity contribution in [2.75, 3.05) is 17.6 Å². The fourth-order valence-electron chi connectivity index (χ4n) is 3.29. The van der Waals surface area contributed by atoms with E-state index in [1.54, 1.807) is 0 Å². The second-order valence-electron chi connectivity index (χ2n) is 6.80. The fraction of sp³-hybridized carbons (Fsp3) is 0.450. The van der Waals surface area contributed by atoms with Gasteiger partial charge in [-0.25, -0.2) is 9.97 Å².